The third kappa shape index (κ3) is 6.32. The smallest absolute Gasteiger partial charge is 0.250 e. The van der Waals surface area contributed by atoms with Crippen LogP contribution in [0.25, 0.3) is 0 Å². The number of nitrogens with two attached hydrogens (primary N) is 1. The van der Waals surface area contributed by atoms with Crippen LogP contribution < -0.4 is 10.5 Å². The molecule has 0 atom stereocenters. The molecular formula is C13H24N2O3S2. The fourth-order valence-electron chi connectivity index (χ4n) is 1.60. The lowest BCUT2D eigenvalue weighted by atomic mass is 10.3. The van der Waals surface area contributed by atoms with Gasteiger partial charge in [0.1, 0.15) is 4.21 Å². The van der Waals surface area contributed by atoms with Gasteiger partial charge in [0.05, 0.1) is 6.10 Å². The zero-order valence-corrected chi connectivity index (χ0v) is 13.7. The van der Waals surface area contributed by atoms with Gasteiger partial charge in [-0.25, -0.2) is 13.1 Å². The number of sulfonamides is 1. The van der Waals surface area contributed by atoms with E-state index < -0.39 is 10.0 Å². The second-order valence-corrected chi connectivity index (χ2v) is 7.95. The number of nitrogens with one attached hydrogen (secondary N) is 1. The molecule has 0 aliphatic heterocycles. The molecule has 5 nitrogen and oxygen atoms in total. The highest BCUT2D eigenvalue weighted by molar-refractivity contribution is 7.91. The molecule has 20 heavy (non-hydrogen) atoms. The minimum Gasteiger partial charge on any atom is -0.379 e. The van der Waals surface area contributed by atoms with Crippen molar-refractivity contribution in [1.29, 1.82) is 0 Å². The van der Waals surface area contributed by atoms with Gasteiger partial charge in [-0.1, -0.05) is 0 Å². The minimum atomic E-state index is -3.37. The van der Waals surface area contributed by atoms with E-state index in [9.17, 15) is 8.42 Å². The maximum absolute atomic E-state index is 12.0. The summed E-state index contributed by atoms with van der Waals surface area (Å²) in [6.07, 6.45) is 2.56. The van der Waals surface area contributed by atoms with E-state index in [4.69, 9.17) is 10.5 Å². The van der Waals surface area contributed by atoms with Crippen LogP contribution in [0.4, 0.5) is 0 Å². The number of ether oxygens (including phenoxy) is 1. The Morgan fingerprint density at radius 1 is 1.35 bits per heavy atom. The number of rotatable bonds is 10. The fourth-order valence-corrected chi connectivity index (χ4v) is 4.09. The molecule has 0 unspecified atom stereocenters. The monoisotopic (exact) mass is 320 g/mol. The van der Waals surface area contributed by atoms with Gasteiger partial charge in [0.25, 0.3) is 0 Å². The van der Waals surface area contributed by atoms with Crippen LogP contribution in [-0.4, -0.2) is 34.2 Å². The Bertz CT molecular complexity index is 484. The first-order valence-electron chi connectivity index (χ1n) is 6.85. The highest BCUT2D eigenvalue weighted by atomic mass is 32.2. The molecule has 1 heterocycles. The van der Waals surface area contributed by atoms with Crippen LogP contribution in [0.3, 0.4) is 0 Å². The Morgan fingerprint density at radius 2 is 2.10 bits per heavy atom. The average molecular weight is 320 g/mol. The molecule has 0 fully saturated rings. The number of hydrogen-bond donors (Lipinski definition) is 2. The third-order valence-corrected chi connectivity index (χ3v) is 5.70. The second-order valence-electron chi connectivity index (χ2n) is 4.78. The molecule has 3 N–H and O–H groups in total. The summed E-state index contributed by atoms with van der Waals surface area (Å²) < 4.78 is 32.4. The SMILES string of the molecule is CC(C)OCCCCNS(=O)(=O)c1ccc(CCN)s1. The summed E-state index contributed by atoms with van der Waals surface area (Å²) in [5.41, 5.74) is 5.46. The number of unbranched alkanes of at least 4 members (excludes halogenated alkanes) is 1. The lowest BCUT2D eigenvalue weighted by Gasteiger charge is -2.07. The Kier molecular flexibility index (Phi) is 7.68. The molecule has 7 heteroatoms. The van der Waals surface area contributed by atoms with Crippen LogP contribution in [0.15, 0.2) is 16.3 Å². The summed E-state index contributed by atoms with van der Waals surface area (Å²) in [7, 11) is -3.37. The van der Waals surface area contributed by atoms with Gasteiger partial charge in [0.15, 0.2) is 0 Å². The maximum atomic E-state index is 12.0. The lowest BCUT2D eigenvalue weighted by molar-refractivity contribution is 0.0762. The van der Waals surface area contributed by atoms with Crippen molar-refractivity contribution in [1.82, 2.24) is 4.72 Å². The predicted molar refractivity (Wildman–Crippen MR) is 82.6 cm³/mol. The van der Waals surface area contributed by atoms with Crippen molar-refractivity contribution in [2.24, 2.45) is 5.73 Å². The fraction of sp³-hybridized carbons (Fsp3) is 0.692. The number of hydrogen-bond acceptors (Lipinski definition) is 5. The first-order chi connectivity index (χ1) is 9.45. The van der Waals surface area contributed by atoms with Gasteiger partial charge in [-0.2, -0.15) is 0 Å². The van der Waals surface area contributed by atoms with E-state index in [1.807, 2.05) is 19.9 Å². The molecule has 0 aliphatic rings. The largest absolute Gasteiger partial charge is 0.379 e. The van der Waals surface area contributed by atoms with Crippen LogP contribution in [0.5, 0.6) is 0 Å². The zero-order valence-electron chi connectivity index (χ0n) is 12.1. The van der Waals surface area contributed by atoms with Crippen molar-refractivity contribution in [2.45, 2.75) is 43.4 Å². The topological polar surface area (TPSA) is 81.4 Å². The van der Waals surface area contributed by atoms with E-state index in [1.54, 1.807) is 6.07 Å². The van der Waals surface area contributed by atoms with Gasteiger partial charge in [-0.05, 0) is 51.8 Å². The van der Waals surface area contributed by atoms with E-state index in [-0.39, 0.29) is 6.10 Å². The highest BCUT2D eigenvalue weighted by Gasteiger charge is 2.15. The quantitative estimate of drug-likeness (QED) is 0.643. The Labute approximate surface area is 125 Å². The minimum absolute atomic E-state index is 0.221. The second kappa shape index (κ2) is 8.74. The van der Waals surface area contributed by atoms with Gasteiger partial charge in [-0.15, -0.1) is 11.3 Å². The standard InChI is InChI=1S/C13H24N2O3S2/c1-11(2)18-10-4-3-9-15-20(16,17)13-6-5-12(19-13)7-8-14/h5-6,11,15H,3-4,7-10,14H2,1-2H3. The van der Waals surface area contributed by atoms with Crippen LogP contribution in [0, 0.1) is 0 Å². The molecule has 1 aromatic heterocycles. The lowest BCUT2D eigenvalue weighted by Crippen LogP contribution is -2.24. The molecule has 0 saturated heterocycles. The van der Waals surface area contributed by atoms with Crippen molar-refractivity contribution in [3.05, 3.63) is 17.0 Å². The van der Waals surface area contributed by atoms with Crippen LogP contribution in [0.2, 0.25) is 0 Å². The van der Waals surface area contributed by atoms with Crippen molar-refractivity contribution >= 4 is 21.4 Å². The molecule has 0 saturated carbocycles. The van der Waals surface area contributed by atoms with E-state index in [2.05, 4.69) is 4.72 Å². The zero-order chi connectivity index (χ0) is 15.0. The normalized spacial score (nSPS) is 12.2. The summed E-state index contributed by atoms with van der Waals surface area (Å²) in [6, 6.07) is 3.46. The Balaban J connectivity index is 2.33. The molecule has 0 aromatic carbocycles. The van der Waals surface area contributed by atoms with Crippen molar-refractivity contribution in [3.63, 3.8) is 0 Å². The molecule has 116 valence electrons. The van der Waals surface area contributed by atoms with Crippen molar-refractivity contribution in [3.8, 4) is 0 Å². The van der Waals surface area contributed by atoms with Gasteiger partial charge >= 0.3 is 0 Å². The first-order valence-corrected chi connectivity index (χ1v) is 9.15. The summed E-state index contributed by atoms with van der Waals surface area (Å²) >= 11 is 1.28. The molecule has 0 amide bonds. The van der Waals surface area contributed by atoms with E-state index in [0.717, 1.165) is 17.7 Å². The maximum Gasteiger partial charge on any atom is 0.250 e. The van der Waals surface area contributed by atoms with E-state index in [1.165, 1.54) is 11.3 Å². The Morgan fingerprint density at radius 3 is 2.75 bits per heavy atom. The summed E-state index contributed by atoms with van der Waals surface area (Å²) in [6.45, 7) is 5.60. The summed E-state index contributed by atoms with van der Waals surface area (Å²) in [5, 5.41) is 0. The first kappa shape index (κ1) is 17.6. The van der Waals surface area contributed by atoms with E-state index in [0.29, 0.717) is 30.3 Å². The molecule has 0 bridgehead atoms. The van der Waals surface area contributed by atoms with Crippen LogP contribution in [-0.2, 0) is 21.2 Å². The number of thiophene rings is 1. The molecule has 0 radical (unpaired) electrons. The summed E-state index contributed by atoms with van der Waals surface area (Å²) in [5.74, 6) is 0. The molecular weight excluding hydrogens is 296 g/mol. The van der Waals surface area contributed by atoms with Gasteiger partial charge < -0.3 is 10.5 Å². The van der Waals surface area contributed by atoms with Gasteiger partial charge in [0.2, 0.25) is 10.0 Å². The van der Waals surface area contributed by atoms with Crippen molar-refractivity contribution < 1.29 is 13.2 Å². The van der Waals surface area contributed by atoms with Gasteiger partial charge in [-0.3, -0.25) is 0 Å². The third-order valence-electron chi connectivity index (χ3n) is 2.61. The van der Waals surface area contributed by atoms with Crippen LogP contribution >= 0.6 is 11.3 Å². The average Bonchev–Trinajstić information content (AvgIpc) is 2.83. The summed E-state index contributed by atoms with van der Waals surface area (Å²) in [4.78, 5) is 0.998. The molecule has 0 aliphatic carbocycles. The van der Waals surface area contributed by atoms with Gasteiger partial charge in [0, 0.05) is 18.0 Å². The predicted octanol–water partition coefficient (Wildman–Crippen LogP) is 1.73. The highest BCUT2D eigenvalue weighted by Crippen LogP contribution is 2.21. The molecule has 1 rings (SSSR count). The molecule has 1 aromatic rings. The van der Waals surface area contributed by atoms with Crippen molar-refractivity contribution in [2.75, 3.05) is 19.7 Å². The molecule has 0 spiro atoms. The Hall–Kier alpha value is -0.470. The van der Waals surface area contributed by atoms with E-state index >= 15 is 0 Å². The van der Waals surface area contributed by atoms with Crippen LogP contribution in [0.1, 0.15) is 31.6 Å².